The Hall–Kier alpha value is -3.25. The van der Waals surface area contributed by atoms with E-state index in [1.807, 2.05) is 77.7 Å². The molecule has 3 aromatic carbocycles. The normalized spacial score (nSPS) is 15.6. The van der Waals surface area contributed by atoms with Crippen LogP contribution < -0.4 is 10.1 Å². The minimum absolute atomic E-state index is 0.0424. The van der Waals surface area contributed by atoms with E-state index in [4.69, 9.17) is 4.74 Å². The summed E-state index contributed by atoms with van der Waals surface area (Å²) in [5.41, 5.74) is 3.89. The fourth-order valence-corrected chi connectivity index (χ4v) is 5.18. The largest absolute Gasteiger partial charge is 0.491 e. The number of para-hydroxylation sites is 1. The van der Waals surface area contributed by atoms with E-state index in [1.165, 1.54) is 0 Å². The van der Waals surface area contributed by atoms with E-state index >= 15 is 0 Å². The minimum atomic E-state index is -0.136. The molecule has 0 aliphatic carbocycles. The molecule has 1 atom stereocenters. The van der Waals surface area contributed by atoms with Crippen molar-refractivity contribution in [2.24, 2.45) is 0 Å². The Morgan fingerprint density at radius 1 is 1.03 bits per heavy atom. The van der Waals surface area contributed by atoms with Gasteiger partial charge in [-0.15, -0.1) is 11.8 Å². The summed E-state index contributed by atoms with van der Waals surface area (Å²) < 4.78 is 5.89. The maximum absolute atomic E-state index is 12.6. The van der Waals surface area contributed by atoms with E-state index in [2.05, 4.69) is 25.2 Å². The number of carbonyl (C=O) groups excluding carboxylic acids is 2. The Morgan fingerprint density at radius 2 is 1.74 bits per heavy atom. The third kappa shape index (κ3) is 5.81. The molecule has 1 aliphatic rings. The van der Waals surface area contributed by atoms with Crippen molar-refractivity contribution in [3.8, 4) is 5.75 Å². The number of amides is 2. The molecule has 1 saturated heterocycles. The van der Waals surface area contributed by atoms with Crippen molar-refractivity contribution in [2.45, 2.75) is 31.7 Å². The lowest BCUT2D eigenvalue weighted by atomic mass is 10.0. The predicted octanol–water partition coefficient (Wildman–Crippen LogP) is 5.39. The number of thioether (sulfide) groups is 1. The lowest BCUT2D eigenvalue weighted by Crippen LogP contribution is -2.29. The highest BCUT2D eigenvalue weighted by Gasteiger charge is 2.32. The van der Waals surface area contributed by atoms with Gasteiger partial charge in [-0.1, -0.05) is 74.5 Å². The van der Waals surface area contributed by atoms with Crippen LogP contribution >= 0.6 is 11.8 Å². The van der Waals surface area contributed by atoms with E-state index in [0.29, 0.717) is 36.9 Å². The summed E-state index contributed by atoms with van der Waals surface area (Å²) in [6.07, 6.45) is 0. The second-order valence-electron chi connectivity index (χ2n) is 8.59. The summed E-state index contributed by atoms with van der Waals surface area (Å²) in [4.78, 5) is 27.0. The maximum Gasteiger partial charge on any atom is 0.251 e. The average Bonchev–Trinajstić information content (AvgIpc) is 3.22. The van der Waals surface area contributed by atoms with Crippen molar-refractivity contribution in [2.75, 3.05) is 18.9 Å². The fourth-order valence-electron chi connectivity index (χ4n) is 4.00. The summed E-state index contributed by atoms with van der Waals surface area (Å²) in [5.74, 6) is 1.71. The van der Waals surface area contributed by atoms with Crippen molar-refractivity contribution in [1.29, 1.82) is 0 Å². The van der Waals surface area contributed by atoms with Gasteiger partial charge in [-0.2, -0.15) is 0 Å². The van der Waals surface area contributed by atoms with Gasteiger partial charge in [0.2, 0.25) is 5.91 Å². The predicted molar refractivity (Wildman–Crippen MR) is 137 cm³/mol. The van der Waals surface area contributed by atoms with Crippen LogP contribution in [0.2, 0.25) is 0 Å². The molecule has 1 aliphatic heterocycles. The number of carbonyl (C=O) groups is 2. The van der Waals surface area contributed by atoms with Gasteiger partial charge in [-0.05, 0) is 40.8 Å². The molecule has 0 bridgehead atoms. The van der Waals surface area contributed by atoms with Gasteiger partial charge in [0.15, 0.2) is 0 Å². The smallest absolute Gasteiger partial charge is 0.251 e. The molecule has 34 heavy (non-hydrogen) atoms. The van der Waals surface area contributed by atoms with Crippen LogP contribution in [0.15, 0.2) is 78.9 Å². The number of nitrogens with zero attached hydrogens (tertiary/aromatic N) is 1. The van der Waals surface area contributed by atoms with Crippen molar-refractivity contribution in [3.63, 3.8) is 0 Å². The zero-order valence-electron chi connectivity index (χ0n) is 19.6. The molecule has 1 unspecified atom stereocenters. The summed E-state index contributed by atoms with van der Waals surface area (Å²) in [7, 11) is 0. The molecule has 1 N–H and O–H groups in total. The molecular weight excluding hydrogens is 444 g/mol. The van der Waals surface area contributed by atoms with Gasteiger partial charge in [0.1, 0.15) is 17.7 Å². The number of benzene rings is 3. The third-order valence-corrected chi connectivity index (χ3v) is 7.06. The summed E-state index contributed by atoms with van der Waals surface area (Å²) in [6, 6.07) is 25.5. The van der Waals surface area contributed by atoms with Crippen molar-refractivity contribution in [1.82, 2.24) is 10.2 Å². The van der Waals surface area contributed by atoms with Crippen LogP contribution in [0, 0.1) is 0 Å². The number of hydrogen-bond acceptors (Lipinski definition) is 4. The van der Waals surface area contributed by atoms with Gasteiger partial charge in [0.25, 0.3) is 5.91 Å². The number of rotatable bonds is 9. The molecule has 0 saturated carbocycles. The highest BCUT2D eigenvalue weighted by atomic mass is 32.2. The van der Waals surface area contributed by atoms with Crippen LogP contribution in [0.1, 0.15) is 52.2 Å². The Balaban J connectivity index is 1.31. The average molecular weight is 475 g/mol. The second-order valence-corrected chi connectivity index (χ2v) is 9.66. The van der Waals surface area contributed by atoms with Gasteiger partial charge in [0.05, 0.1) is 12.3 Å². The van der Waals surface area contributed by atoms with Crippen LogP contribution in [0.5, 0.6) is 5.75 Å². The van der Waals surface area contributed by atoms with Crippen molar-refractivity contribution in [3.05, 3.63) is 101 Å². The summed E-state index contributed by atoms with van der Waals surface area (Å²) in [6.45, 7) is 5.68. The molecule has 0 aromatic heterocycles. The molecule has 176 valence electrons. The Labute approximate surface area is 205 Å². The summed E-state index contributed by atoms with van der Waals surface area (Å²) in [5, 5.41) is 2.88. The topological polar surface area (TPSA) is 58.6 Å². The fraction of sp³-hybridized carbons (Fsp3) is 0.286. The van der Waals surface area contributed by atoms with Crippen molar-refractivity contribution < 1.29 is 14.3 Å². The molecular formula is C28H30N2O3S. The highest BCUT2D eigenvalue weighted by Crippen LogP contribution is 2.39. The number of hydrogen-bond donors (Lipinski definition) is 1. The highest BCUT2D eigenvalue weighted by molar-refractivity contribution is 8.00. The first-order valence-corrected chi connectivity index (χ1v) is 12.6. The molecule has 1 fully saturated rings. The second kappa shape index (κ2) is 11.3. The van der Waals surface area contributed by atoms with Gasteiger partial charge in [-0.25, -0.2) is 0 Å². The standard InChI is InChI=1S/C28H30N2O3S/c1-20(2)24-10-6-7-11-25(24)33-17-16-29-27(32)22-12-14-23(15-13-22)28-30(26(31)19-34-28)18-21-8-4-3-5-9-21/h3-15,20,28H,16-19H2,1-2H3,(H,29,32). The zero-order valence-corrected chi connectivity index (χ0v) is 20.4. The molecule has 2 amide bonds. The van der Waals surface area contributed by atoms with E-state index in [1.54, 1.807) is 11.8 Å². The first-order chi connectivity index (χ1) is 16.5. The lowest BCUT2D eigenvalue weighted by molar-refractivity contribution is -0.128. The van der Waals surface area contributed by atoms with E-state index in [9.17, 15) is 9.59 Å². The van der Waals surface area contributed by atoms with Crippen molar-refractivity contribution >= 4 is 23.6 Å². The Bertz CT molecular complexity index is 1120. The maximum atomic E-state index is 12.6. The van der Waals surface area contributed by atoms with Crippen LogP contribution in [0.25, 0.3) is 0 Å². The van der Waals surface area contributed by atoms with Gasteiger partial charge in [-0.3, -0.25) is 9.59 Å². The first-order valence-electron chi connectivity index (χ1n) is 11.6. The van der Waals surface area contributed by atoms with Crippen LogP contribution in [0.3, 0.4) is 0 Å². The van der Waals surface area contributed by atoms with E-state index in [-0.39, 0.29) is 17.2 Å². The molecule has 3 aromatic rings. The Morgan fingerprint density at radius 3 is 2.47 bits per heavy atom. The van der Waals surface area contributed by atoms with Crippen LogP contribution in [0.4, 0.5) is 0 Å². The molecule has 4 rings (SSSR count). The quantitative estimate of drug-likeness (QED) is 0.422. The van der Waals surface area contributed by atoms with Crippen LogP contribution in [-0.4, -0.2) is 35.6 Å². The van der Waals surface area contributed by atoms with Crippen LogP contribution in [-0.2, 0) is 11.3 Å². The minimum Gasteiger partial charge on any atom is -0.491 e. The monoisotopic (exact) mass is 474 g/mol. The van der Waals surface area contributed by atoms with Gasteiger partial charge in [0, 0.05) is 12.1 Å². The molecule has 6 heteroatoms. The molecule has 5 nitrogen and oxygen atoms in total. The molecule has 0 spiro atoms. The van der Waals surface area contributed by atoms with E-state index < -0.39 is 0 Å². The first kappa shape index (κ1) is 23.9. The number of ether oxygens (including phenoxy) is 1. The number of nitrogens with one attached hydrogen (secondary N) is 1. The SMILES string of the molecule is CC(C)c1ccccc1OCCNC(=O)c1ccc(C2SCC(=O)N2Cc2ccccc2)cc1. The molecule has 0 radical (unpaired) electrons. The third-order valence-electron chi connectivity index (χ3n) is 5.81. The van der Waals surface area contributed by atoms with Gasteiger partial charge >= 0.3 is 0 Å². The molecule has 1 heterocycles. The van der Waals surface area contributed by atoms with E-state index in [0.717, 1.165) is 22.4 Å². The zero-order chi connectivity index (χ0) is 23.9. The van der Waals surface area contributed by atoms with Gasteiger partial charge < -0.3 is 15.0 Å². The Kier molecular flexibility index (Phi) is 7.91. The summed E-state index contributed by atoms with van der Waals surface area (Å²) >= 11 is 1.62. The lowest BCUT2D eigenvalue weighted by Gasteiger charge is -2.24.